The zero-order valence-corrected chi connectivity index (χ0v) is 18.3. The highest BCUT2D eigenvalue weighted by molar-refractivity contribution is 5.90. The Balaban J connectivity index is 1.32. The first-order valence-corrected chi connectivity index (χ1v) is 12.1. The number of ketones is 1. The van der Waals surface area contributed by atoms with E-state index in [0.717, 1.165) is 43.0 Å². The van der Waals surface area contributed by atoms with Gasteiger partial charge in [-0.05, 0) is 61.8 Å². The summed E-state index contributed by atoms with van der Waals surface area (Å²) in [5.74, 6) is 2.29. The Morgan fingerprint density at radius 3 is 2.78 bits per heavy atom. The summed E-state index contributed by atoms with van der Waals surface area (Å²) in [7, 11) is 0. The number of rotatable bonds is 5. The lowest BCUT2D eigenvalue weighted by atomic mass is 9.49. The highest BCUT2D eigenvalue weighted by Crippen LogP contribution is 2.65. The SMILES string of the molecule is O=C1CC[C@@]2(O)C3Cc4ccc(OCc5ccccc5)c5c4C2(CCN3CC2CC2)C1O5. The summed E-state index contributed by atoms with van der Waals surface area (Å²) in [6.45, 7) is 2.44. The number of benzene rings is 2. The molecule has 2 saturated carbocycles. The molecule has 0 radical (unpaired) electrons. The summed E-state index contributed by atoms with van der Waals surface area (Å²) >= 11 is 0. The lowest BCUT2D eigenvalue weighted by Crippen LogP contribution is -2.76. The number of carbonyl (C=O) groups is 1. The van der Waals surface area contributed by atoms with E-state index in [4.69, 9.17) is 9.47 Å². The molecule has 3 fully saturated rings. The van der Waals surface area contributed by atoms with E-state index in [0.29, 0.717) is 30.9 Å². The molecule has 2 heterocycles. The van der Waals surface area contributed by atoms with E-state index < -0.39 is 17.1 Å². The molecule has 2 aliphatic heterocycles. The topological polar surface area (TPSA) is 59.0 Å². The van der Waals surface area contributed by atoms with Gasteiger partial charge in [0.25, 0.3) is 0 Å². The van der Waals surface area contributed by atoms with Crippen LogP contribution in [0.2, 0.25) is 0 Å². The molecule has 1 N–H and O–H groups in total. The van der Waals surface area contributed by atoms with E-state index in [9.17, 15) is 9.90 Å². The molecule has 5 heteroatoms. The number of hydrogen-bond acceptors (Lipinski definition) is 5. The molecule has 4 atom stereocenters. The van der Waals surface area contributed by atoms with Crippen LogP contribution in [0.4, 0.5) is 0 Å². The minimum absolute atomic E-state index is 0.0607. The number of Topliss-reactive ketones (excluding diaryl/α,β-unsaturated/α-hetero) is 1. The molecule has 7 rings (SSSR count). The van der Waals surface area contributed by atoms with Crippen LogP contribution >= 0.6 is 0 Å². The number of likely N-dealkylation sites (tertiary alicyclic amines) is 1. The fraction of sp³-hybridized carbons (Fsp3) is 0.519. The molecule has 2 bridgehead atoms. The van der Waals surface area contributed by atoms with Crippen molar-refractivity contribution in [1.29, 1.82) is 0 Å². The van der Waals surface area contributed by atoms with E-state index >= 15 is 0 Å². The van der Waals surface area contributed by atoms with Crippen LogP contribution in [0.1, 0.15) is 48.8 Å². The van der Waals surface area contributed by atoms with Gasteiger partial charge < -0.3 is 14.6 Å². The lowest BCUT2D eigenvalue weighted by Gasteiger charge is -2.62. The maximum absolute atomic E-state index is 13.1. The summed E-state index contributed by atoms with van der Waals surface area (Å²) in [6.07, 6.45) is 4.52. The fourth-order valence-corrected chi connectivity index (χ4v) is 7.10. The maximum Gasteiger partial charge on any atom is 0.174 e. The first-order chi connectivity index (χ1) is 15.6. The van der Waals surface area contributed by atoms with Crippen LogP contribution < -0.4 is 9.47 Å². The molecule has 2 aromatic carbocycles. The molecule has 5 aliphatic rings. The highest BCUT2D eigenvalue weighted by atomic mass is 16.5. The zero-order valence-electron chi connectivity index (χ0n) is 18.3. The first kappa shape index (κ1) is 19.1. The average Bonchev–Trinajstić information content (AvgIpc) is 3.55. The van der Waals surface area contributed by atoms with Crippen LogP contribution in [0.15, 0.2) is 42.5 Å². The minimum atomic E-state index is -0.922. The maximum atomic E-state index is 13.1. The second kappa shape index (κ2) is 6.58. The lowest BCUT2D eigenvalue weighted by molar-refractivity contribution is -0.188. The Bertz CT molecular complexity index is 1100. The van der Waals surface area contributed by atoms with Crippen LogP contribution in [-0.2, 0) is 23.2 Å². The molecule has 1 spiro atoms. The highest BCUT2D eigenvalue weighted by Gasteiger charge is 2.73. The van der Waals surface area contributed by atoms with Gasteiger partial charge in [0.15, 0.2) is 23.4 Å². The van der Waals surface area contributed by atoms with Gasteiger partial charge in [-0.2, -0.15) is 0 Å². The summed E-state index contributed by atoms with van der Waals surface area (Å²) in [5.41, 5.74) is 1.81. The molecule has 166 valence electrons. The molecule has 3 aliphatic carbocycles. The number of piperidine rings is 1. The summed E-state index contributed by atoms with van der Waals surface area (Å²) in [5, 5.41) is 12.3. The van der Waals surface area contributed by atoms with E-state index in [2.05, 4.69) is 11.0 Å². The Labute approximate surface area is 188 Å². The van der Waals surface area contributed by atoms with Gasteiger partial charge in [-0.3, -0.25) is 9.69 Å². The van der Waals surface area contributed by atoms with Gasteiger partial charge in [0.2, 0.25) is 0 Å². The van der Waals surface area contributed by atoms with Crippen LogP contribution in [0.25, 0.3) is 0 Å². The van der Waals surface area contributed by atoms with Gasteiger partial charge in [0.05, 0.1) is 11.0 Å². The van der Waals surface area contributed by atoms with E-state index in [1.807, 2.05) is 36.4 Å². The minimum Gasteiger partial charge on any atom is -0.485 e. The van der Waals surface area contributed by atoms with Gasteiger partial charge in [0, 0.05) is 24.6 Å². The number of ether oxygens (including phenoxy) is 2. The largest absolute Gasteiger partial charge is 0.485 e. The molecule has 1 saturated heterocycles. The smallest absolute Gasteiger partial charge is 0.174 e. The van der Waals surface area contributed by atoms with Gasteiger partial charge in [-0.1, -0.05) is 36.4 Å². The third kappa shape index (κ3) is 2.44. The normalized spacial score (nSPS) is 34.7. The van der Waals surface area contributed by atoms with Crippen molar-refractivity contribution in [3.8, 4) is 11.5 Å². The van der Waals surface area contributed by atoms with Gasteiger partial charge in [-0.15, -0.1) is 0 Å². The standard InChI is InChI=1S/C27H29NO4/c29-20-10-11-27(30)22-14-19-8-9-21(31-16-18-4-2-1-3-5-18)24-23(19)26(27,25(20)32-24)12-13-28(22)15-17-6-7-17/h1-5,8-9,17,22,25,30H,6-7,10-16H2/t22?,25?,26?,27-/m1/s1. The van der Waals surface area contributed by atoms with Crippen LogP contribution in [0.3, 0.4) is 0 Å². The van der Waals surface area contributed by atoms with Crippen molar-refractivity contribution in [3.05, 3.63) is 59.2 Å². The van der Waals surface area contributed by atoms with Crippen LogP contribution in [-0.4, -0.2) is 46.6 Å². The molecule has 0 aromatic heterocycles. The van der Waals surface area contributed by atoms with Crippen molar-refractivity contribution in [2.75, 3.05) is 13.1 Å². The zero-order chi connectivity index (χ0) is 21.5. The van der Waals surface area contributed by atoms with Gasteiger partial charge in [-0.25, -0.2) is 0 Å². The monoisotopic (exact) mass is 431 g/mol. The Hall–Kier alpha value is -2.37. The predicted molar refractivity (Wildman–Crippen MR) is 119 cm³/mol. The van der Waals surface area contributed by atoms with Crippen molar-refractivity contribution >= 4 is 5.78 Å². The Morgan fingerprint density at radius 2 is 1.97 bits per heavy atom. The van der Waals surface area contributed by atoms with Crippen molar-refractivity contribution in [3.63, 3.8) is 0 Å². The number of carbonyl (C=O) groups excluding carboxylic acids is 1. The van der Waals surface area contributed by atoms with Crippen molar-refractivity contribution in [2.24, 2.45) is 5.92 Å². The number of hydrogen-bond donors (Lipinski definition) is 1. The van der Waals surface area contributed by atoms with E-state index in [-0.39, 0.29) is 11.8 Å². The second-order valence-electron chi connectivity index (χ2n) is 10.5. The van der Waals surface area contributed by atoms with Crippen molar-refractivity contribution in [1.82, 2.24) is 4.90 Å². The molecule has 3 unspecified atom stereocenters. The van der Waals surface area contributed by atoms with Crippen molar-refractivity contribution < 1.29 is 19.4 Å². The quantitative estimate of drug-likeness (QED) is 0.786. The van der Waals surface area contributed by atoms with Crippen molar-refractivity contribution in [2.45, 2.75) is 68.3 Å². The Kier molecular flexibility index (Phi) is 3.93. The third-order valence-electron chi connectivity index (χ3n) is 8.78. The molecule has 32 heavy (non-hydrogen) atoms. The third-order valence-corrected chi connectivity index (χ3v) is 8.78. The molecular weight excluding hydrogens is 402 g/mol. The summed E-state index contributed by atoms with van der Waals surface area (Å²) < 4.78 is 12.7. The van der Waals surface area contributed by atoms with Crippen LogP contribution in [0, 0.1) is 5.92 Å². The second-order valence-corrected chi connectivity index (χ2v) is 10.5. The number of aliphatic hydroxyl groups is 1. The van der Waals surface area contributed by atoms with E-state index in [1.54, 1.807) is 0 Å². The molecule has 0 amide bonds. The van der Waals surface area contributed by atoms with Gasteiger partial charge >= 0.3 is 0 Å². The summed E-state index contributed by atoms with van der Waals surface area (Å²) in [6, 6.07) is 14.3. The summed E-state index contributed by atoms with van der Waals surface area (Å²) in [4.78, 5) is 15.7. The van der Waals surface area contributed by atoms with Gasteiger partial charge in [0.1, 0.15) is 6.61 Å². The molecule has 5 nitrogen and oxygen atoms in total. The molecular formula is C27H29NO4. The van der Waals surface area contributed by atoms with E-state index in [1.165, 1.54) is 18.4 Å². The predicted octanol–water partition coefficient (Wildman–Crippen LogP) is 3.40. The first-order valence-electron chi connectivity index (χ1n) is 12.1. The fourth-order valence-electron chi connectivity index (χ4n) is 7.10. The van der Waals surface area contributed by atoms with Crippen LogP contribution in [0.5, 0.6) is 11.5 Å². The molecule has 2 aromatic rings. The number of nitrogens with zero attached hydrogens (tertiary/aromatic N) is 1. The Morgan fingerprint density at radius 1 is 1.12 bits per heavy atom. The average molecular weight is 432 g/mol.